The first-order valence-electron chi connectivity index (χ1n) is 6.07. The van der Waals surface area contributed by atoms with Gasteiger partial charge in [0.05, 0.1) is 5.84 Å². The summed E-state index contributed by atoms with van der Waals surface area (Å²) >= 11 is 0. The molecule has 0 spiro atoms. The summed E-state index contributed by atoms with van der Waals surface area (Å²) in [5.41, 5.74) is 5.44. The molecule has 0 fully saturated rings. The van der Waals surface area contributed by atoms with Gasteiger partial charge in [0.1, 0.15) is 0 Å². The number of unbranched alkanes of at least 4 members (excludes halogenated alkanes) is 2. The lowest BCUT2D eigenvalue weighted by atomic mass is 10.1. The first-order chi connectivity index (χ1) is 6.99. The second-order valence-corrected chi connectivity index (χ2v) is 4.62. The summed E-state index contributed by atoms with van der Waals surface area (Å²) < 4.78 is 0. The van der Waals surface area contributed by atoms with E-state index in [0.29, 0.717) is 24.3 Å². The van der Waals surface area contributed by atoms with E-state index in [1.165, 1.54) is 19.3 Å². The van der Waals surface area contributed by atoms with Gasteiger partial charge in [0.15, 0.2) is 0 Å². The molecule has 1 unspecified atom stereocenters. The van der Waals surface area contributed by atoms with Crippen LogP contribution in [-0.2, 0) is 0 Å². The average molecular weight is 213 g/mol. The van der Waals surface area contributed by atoms with Gasteiger partial charge in [-0.1, -0.05) is 19.8 Å². The van der Waals surface area contributed by atoms with Gasteiger partial charge in [0, 0.05) is 18.5 Å². The molecule has 3 nitrogen and oxygen atoms in total. The third-order valence-electron chi connectivity index (χ3n) is 2.76. The topological polar surface area (TPSA) is 53.1 Å². The quantitative estimate of drug-likeness (QED) is 0.370. The zero-order valence-electron chi connectivity index (χ0n) is 10.7. The molecule has 0 aromatic carbocycles. The van der Waals surface area contributed by atoms with Crippen LogP contribution in [0.1, 0.15) is 53.4 Å². The van der Waals surface area contributed by atoms with E-state index >= 15 is 0 Å². The SMILES string of the molecule is CCCCCN(C(C)C)C(C)CC(=N)N. The van der Waals surface area contributed by atoms with Gasteiger partial charge in [-0.2, -0.15) is 0 Å². The molecular formula is C12H27N3. The molecule has 3 N–H and O–H groups in total. The van der Waals surface area contributed by atoms with Crippen molar-refractivity contribution in [2.75, 3.05) is 6.54 Å². The van der Waals surface area contributed by atoms with Crippen LogP contribution >= 0.6 is 0 Å². The summed E-state index contributed by atoms with van der Waals surface area (Å²) in [5, 5.41) is 7.32. The Morgan fingerprint density at radius 2 is 1.87 bits per heavy atom. The first kappa shape index (κ1) is 14.4. The minimum Gasteiger partial charge on any atom is -0.388 e. The second-order valence-electron chi connectivity index (χ2n) is 4.62. The monoisotopic (exact) mass is 213 g/mol. The molecule has 0 aliphatic heterocycles. The largest absolute Gasteiger partial charge is 0.388 e. The average Bonchev–Trinajstić information content (AvgIpc) is 2.10. The number of hydrogen-bond acceptors (Lipinski definition) is 2. The molecule has 0 aromatic heterocycles. The van der Waals surface area contributed by atoms with Crippen molar-refractivity contribution in [2.45, 2.75) is 65.5 Å². The van der Waals surface area contributed by atoms with Gasteiger partial charge in [-0.05, 0) is 33.7 Å². The van der Waals surface area contributed by atoms with E-state index in [-0.39, 0.29) is 0 Å². The van der Waals surface area contributed by atoms with Crippen molar-refractivity contribution >= 4 is 5.84 Å². The van der Waals surface area contributed by atoms with Gasteiger partial charge in [-0.3, -0.25) is 10.3 Å². The normalized spacial score (nSPS) is 13.5. The predicted molar refractivity (Wildman–Crippen MR) is 67.4 cm³/mol. The lowest BCUT2D eigenvalue weighted by molar-refractivity contribution is 0.164. The van der Waals surface area contributed by atoms with Crippen LogP contribution in [0.3, 0.4) is 0 Å². The van der Waals surface area contributed by atoms with Crippen molar-refractivity contribution in [1.29, 1.82) is 5.41 Å². The van der Waals surface area contributed by atoms with Crippen LogP contribution in [0.4, 0.5) is 0 Å². The molecular weight excluding hydrogens is 186 g/mol. The fourth-order valence-corrected chi connectivity index (χ4v) is 1.97. The summed E-state index contributed by atoms with van der Waals surface area (Å²) in [5.74, 6) is 0.295. The van der Waals surface area contributed by atoms with E-state index in [1.54, 1.807) is 0 Å². The van der Waals surface area contributed by atoms with Crippen molar-refractivity contribution in [3.8, 4) is 0 Å². The van der Waals surface area contributed by atoms with E-state index in [0.717, 1.165) is 6.54 Å². The molecule has 1 atom stereocenters. The summed E-state index contributed by atoms with van der Waals surface area (Å²) in [6.45, 7) is 9.93. The van der Waals surface area contributed by atoms with Crippen LogP contribution in [0.5, 0.6) is 0 Å². The molecule has 0 rings (SSSR count). The molecule has 0 bridgehead atoms. The van der Waals surface area contributed by atoms with Crippen molar-refractivity contribution in [1.82, 2.24) is 4.90 Å². The van der Waals surface area contributed by atoms with Crippen molar-refractivity contribution in [2.24, 2.45) is 5.73 Å². The first-order valence-corrected chi connectivity index (χ1v) is 6.07. The Hall–Kier alpha value is -0.570. The molecule has 0 radical (unpaired) electrons. The van der Waals surface area contributed by atoms with Gasteiger partial charge in [-0.15, -0.1) is 0 Å². The number of nitrogens with two attached hydrogens (primary N) is 1. The molecule has 0 aromatic rings. The number of hydrogen-bond donors (Lipinski definition) is 2. The Labute approximate surface area is 94.5 Å². The lowest BCUT2D eigenvalue weighted by Crippen LogP contribution is -2.41. The van der Waals surface area contributed by atoms with Crippen LogP contribution in [0, 0.1) is 5.41 Å². The maximum absolute atomic E-state index is 7.32. The Balaban J connectivity index is 4.06. The summed E-state index contributed by atoms with van der Waals surface area (Å²) in [6, 6.07) is 0.926. The highest BCUT2D eigenvalue weighted by atomic mass is 15.2. The smallest absolute Gasteiger partial charge is 0.0920 e. The van der Waals surface area contributed by atoms with Gasteiger partial charge >= 0.3 is 0 Å². The zero-order chi connectivity index (χ0) is 11.8. The Bertz CT molecular complexity index is 178. The summed E-state index contributed by atoms with van der Waals surface area (Å²) in [6.07, 6.45) is 4.48. The van der Waals surface area contributed by atoms with E-state index < -0.39 is 0 Å². The van der Waals surface area contributed by atoms with Gasteiger partial charge in [-0.25, -0.2) is 0 Å². The zero-order valence-corrected chi connectivity index (χ0v) is 10.7. The van der Waals surface area contributed by atoms with Crippen molar-refractivity contribution < 1.29 is 0 Å². The molecule has 0 heterocycles. The van der Waals surface area contributed by atoms with E-state index in [1.807, 2.05) is 0 Å². The minimum atomic E-state index is 0.295. The number of amidine groups is 1. The van der Waals surface area contributed by atoms with Crippen LogP contribution in [0.2, 0.25) is 0 Å². The third-order valence-corrected chi connectivity index (χ3v) is 2.76. The molecule has 90 valence electrons. The number of nitrogens with zero attached hydrogens (tertiary/aromatic N) is 1. The van der Waals surface area contributed by atoms with E-state index in [4.69, 9.17) is 11.1 Å². The summed E-state index contributed by atoms with van der Waals surface area (Å²) in [7, 11) is 0. The van der Waals surface area contributed by atoms with Crippen LogP contribution < -0.4 is 5.73 Å². The Kier molecular flexibility index (Phi) is 7.39. The van der Waals surface area contributed by atoms with E-state index in [2.05, 4.69) is 32.6 Å². The van der Waals surface area contributed by atoms with Crippen molar-refractivity contribution in [3.05, 3.63) is 0 Å². The minimum absolute atomic E-state index is 0.295. The molecule has 0 saturated carbocycles. The summed E-state index contributed by atoms with van der Waals surface area (Å²) in [4.78, 5) is 2.44. The van der Waals surface area contributed by atoms with Crippen LogP contribution in [0.15, 0.2) is 0 Å². The van der Waals surface area contributed by atoms with Crippen LogP contribution in [0.25, 0.3) is 0 Å². The predicted octanol–water partition coefficient (Wildman–Crippen LogP) is 2.60. The van der Waals surface area contributed by atoms with Gasteiger partial charge in [0.2, 0.25) is 0 Å². The third kappa shape index (κ3) is 6.50. The molecule has 0 saturated heterocycles. The van der Waals surface area contributed by atoms with Crippen molar-refractivity contribution in [3.63, 3.8) is 0 Å². The second kappa shape index (κ2) is 7.69. The fourth-order valence-electron chi connectivity index (χ4n) is 1.97. The molecule has 0 aliphatic carbocycles. The molecule has 15 heavy (non-hydrogen) atoms. The highest BCUT2D eigenvalue weighted by Gasteiger charge is 2.16. The Morgan fingerprint density at radius 1 is 1.27 bits per heavy atom. The lowest BCUT2D eigenvalue weighted by Gasteiger charge is -2.32. The maximum atomic E-state index is 7.32. The highest BCUT2D eigenvalue weighted by Crippen LogP contribution is 2.10. The molecule has 0 amide bonds. The number of rotatable bonds is 8. The Morgan fingerprint density at radius 3 is 2.27 bits per heavy atom. The number of nitrogens with one attached hydrogen (secondary N) is 1. The van der Waals surface area contributed by atoms with Gasteiger partial charge < -0.3 is 5.73 Å². The van der Waals surface area contributed by atoms with Crippen LogP contribution in [-0.4, -0.2) is 29.4 Å². The molecule has 0 aliphatic rings. The van der Waals surface area contributed by atoms with E-state index in [9.17, 15) is 0 Å². The highest BCUT2D eigenvalue weighted by molar-refractivity contribution is 5.77. The maximum Gasteiger partial charge on any atom is 0.0920 e. The molecule has 3 heteroatoms. The standard InChI is InChI=1S/C12H27N3/c1-5-6-7-8-15(10(2)3)11(4)9-12(13)14/h10-11H,5-9H2,1-4H3,(H3,13,14). The van der Waals surface area contributed by atoms with Gasteiger partial charge in [0.25, 0.3) is 0 Å². The fraction of sp³-hybridized carbons (Fsp3) is 0.917.